The maximum atomic E-state index is 13.8. The van der Waals surface area contributed by atoms with Gasteiger partial charge < -0.3 is 10.2 Å². The van der Waals surface area contributed by atoms with Crippen molar-refractivity contribution >= 4 is 11.6 Å². The molecule has 0 amide bonds. The summed E-state index contributed by atoms with van der Waals surface area (Å²) in [5.74, 6) is -0.493. The van der Waals surface area contributed by atoms with Crippen LogP contribution in [-0.4, -0.2) is 24.6 Å². The Morgan fingerprint density at radius 2 is 1.89 bits per heavy atom. The molecule has 1 aromatic heterocycles. The molecule has 1 atom stereocenters. The van der Waals surface area contributed by atoms with Crippen LogP contribution in [0.15, 0.2) is 6.07 Å². The predicted molar refractivity (Wildman–Crippen MR) is 75.6 cm³/mol. The van der Waals surface area contributed by atoms with Crippen molar-refractivity contribution in [1.82, 2.24) is 4.98 Å². The van der Waals surface area contributed by atoms with Crippen LogP contribution in [0.25, 0.3) is 0 Å². The third kappa shape index (κ3) is 4.04. The molecule has 1 aromatic rings. The van der Waals surface area contributed by atoms with Crippen molar-refractivity contribution in [2.45, 2.75) is 40.2 Å². The number of rotatable bonds is 6. The van der Waals surface area contributed by atoms with Gasteiger partial charge in [0.05, 0.1) is 0 Å². The van der Waals surface area contributed by atoms with Crippen LogP contribution in [0, 0.1) is 17.6 Å². The number of pyridine rings is 1. The molecule has 0 fully saturated rings. The molecule has 0 aliphatic heterocycles. The van der Waals surface area contributed by atoms with Crippen LogP contribution >= 0.6 is 0 Å². The van der Waals surface area contributed by atoms with Crippen LogP contribution in [0.1, 0.15) is 34.1 Å². The van der Waals surface area contributed by atoms with E-state index >= 15 is 0 Å². The highest BCUT2D eigenvalue weighted by Crippen LogP contribution is 2.24. The van der Waals surface area contributed by atoms with E-state index in [2.05, 4.69) is 24.1 Å². The molecule has 0 spiro atoms. The van der Waals surface area contributed by atoms with Crippen molar-refractivity contribution in [3.63, 3.8) is 0 Å². The highest BCUT2D eigenvalue weighted by Gasteiger charge is 2.19. The molecule has 0 aliphatic carbocycles. The van der Waals surface area contributed by atoms with Crippen LogP contribution in [0.3, 0.4) is 0 Å². The van der Waals surface area contributed by atoms with Crippen LogP contribution in [0.4, 0.5) is 20.4 Å². The SMILES string of the molecule is CCNc1nc(N(C)C(C)CC(C)C)c(F)cc1F. The fourth-order valence-corrected chi connectivity index (χ4v) is 2.04. The van der Waals surface area contributed by atoms with Crippen molar-refractivity contribution in [2.75, 3.05) is 23.8 Å². The molecule has 3 nitrogen and oxygen atoms in total. The third-order valence-electron chi connectivity index (χ3n) is 3.06. The largest absolute Gasteiger partial charge is 0.368 e. The van der Waals surface area contributed by atoms with Gasteiger partial charge in [0.2, 0.25) is 0 Å². The van der Waals surface area contributed by atoms with Crippen molar-refractivity contribution in [1.29, 1.82) is 0 Å². The van der Waals surface area contributed by atoms with Gasteiger partial charge in [-0.2, -0.15) is 0 Å². The summed E-state index contributed by atoms with van der Waals surface area (Å²) in [6, 6.07) is 1.03. The highest BCUT2D eigenvalue weighted by atomic mass is 19.1. The Morgan fingerprint density at radius 1 is 1.26 bits per heavy atom. The van der Waals surface area contributed by atoms with Gasteiger partial charge >= 0.3 is 0 Å². The first-order chi connectivity index (χ1) is 8.86. The van der Waals surface area contributed by atoms with Crippen LogP contribution in [-0.2, 0) is 0 Å². The van der Waals surface area contributed by atoms with E-state index in [4.69, 9.17) is 0 Å². The number of nitrogens with zero attached hydrogens (tertiary/aromatic N) is 2. The second-order valence-corrected chi connectivity index (χ2v) is 5.24. The van der Waals surface area contributed by atoms with Gasteiger partial charge in [-0.15, -0.1) is 0 Å². The molecule has 0 saturated carbocycles. The lowest BCUT2D eigenvalue weighted by Gasteiger charge is -2.28. The van der Waals surface area contributed by atoms with Crippen LogP contribution < -0.4 is 10.2 Å². The summed E-state index contributed by atoms with van der Waals surface area (Å²) in [6.45, 7) is 8.62. The Hall–Kier alpha value is -1.39. The second kappa shape index (κ2) is 6.68. The summed E-state index contributed by atoms with van der Waals surface area (Å²) < 4.78 is 27.4. The topological polar surface area (TPSA) is 28.2 Å². The zero-order chi connectivity index (χ0) is 14.6. The summed E-state index contributed by atoms with van der Waals surface area (Å²) in [7, 11) is 1.78. The molecule has 1 N–H and O–H groups in total. The zero-order valence-electron chi connectivity index (χ0n) is 12.3. The molecule has 0 bridgehead atoms. The van der Waals surface area contributed by atoms with Crippen molar-refractivity contribution < 1.29 is 8.78 Å². The number of nitrogens with one attached hydrogen (secondary N) is 1. The minimum Gasteiger partial charge on any atom is -0.368 e. The van der Waals surface area contributed by atoms with Gasteiger partial charge in [0.1, 0.15) is 0 Å². The smallest absolute Gasteiger partial charge is 0.168 e. The second-order valence-electron chi connectivity index (χ2n) is 5.24. The molecule has 5 heteroatoms. The molecule has 1 unspecified atom stereocenters. The lowest BCUT2D eigenvalue weighted by Crippen LogP contribution is -2.31. The standard InChI is InChI=1S/C14H23F2N3/c1-6-17-13-11(15)8-12(16)14(18-13)19(5)10(4)7-9(2)3/h8-10H,6-7H2,1-5H3,(H,17,18). The van der Waals surface area contributed by atoms with Gasteiger partial charge in [0.15, 0.2) is 23.3 Å². The Balaban J connectivity index is 3.01. The van der Waals surface area contributed by atoms with Gasteiger partial charge in [-0.25, -0.2) is 13.8 Å². The van der Waals surface area contributed by atoms with Gasteiger partial charge in [0.25, 0.3) is 0 Å². The molecular formula is C14H23F2N3. The first-order valence-electron chi connectivity index (χ1n) is 6.69. The van der Waals surface area contributed by atoms with Crippen molar-refractivity contribution in [3.05, 3.63) is 17.7 Å². The quantitative estimate of drug-likeness (QED) is 0.855. The Labute approximate surface area is 114 Å². The molecule has 0 saturated heterocycles. The number of aromatic nitrogens is 1. The molecule has 0 radical (unpaired) electrons. The molecule has 1 rings (SSSR count). The number of anilines is 2. The van der Waals surface area contributed by atoms with E-state index in [1.54, 1.807) is 11.9 Å². The number of halogens is 2. The average Bonchev–Trinajstić information content (AvgIpc) is 2.31. The zero-order valence-corrected chi connectivity index (χ0v) is 12.3. The first kappa shape index (κ1) is 15.7. The van der Waals surface area contributed by atoms with Gasteiger partial charge in [-0.3, -0.25) is 0 Å². The van der Waals surface area contributed by atoms with Crippen molar-refractivity contribution in [2.24, 2.45) is 5.92 Å². The minimum atomic E-state index is -0.659. The van der Waals surface area contributed by atoms with E-state index in [9.17, 15) is 8.78 Å². The van der Waals surface area contributed by atoms with Crippen molar-refractivity contribution in [3.8, 4) is 0 Å². The minimum absolute atomic E-state index is 0.0995. The monoisotopic (exact) mass is 271 g/mol. The number of hydrogen-bond acceptors (Lipinski definition) is 3. The lowest BCUT2D eigenvalue weighted by atomic mass is 10.0. The summed E-state index contributed by atoms with van der Waals surface area (Å²) >= 11 is 0. The third-order valence-corrected chi connectivity index (χ3v) is 3.06. The normalized spacial score (nSPS) is 12.6. The van der Waals surface area contributed by atoms with E-state index in [1.807, 2.05) is 13.8 Å². The van der Waals surface area contributed by atoms with Gasteiger partial charge in [0, 0.05) is 25.7 Å². The molecule has 19 heavy (non-hydrogen) atoms. The molecule has 108 valence electrons. The summed E-state index contributed by atoms with van der Waals surface area (Å²) in [6.07, 6.45) is 0.922. The highest BCUT2D eigenvalue weighted by molar-refractivity contribution is 5.49. The first-order valence-corrected chi connectivity index (χ1v) is 6.69. The molecule has 1 heterocycles. The predicted octanol–water partition coefficient (Wildman–Crippen LogP) is 3.66. The fourth-order valence-electron chi connectivity index (χ4n) is 2.04. The van der Waals surface area contributed by atoms with Gasteiger partial charge in [-0.05, 0) is 26.2 Å². The van der Waals surface area contributed by atoms with E-state index in [1.165, 1.54) is 0 Å². The molecule has 0 aliphatic rings. The summed E-state index contributed by atoms with van der Waals surface area (Å²) in [5.41, 5.74) is 0. The van der Waals surface area contributed by atoms with E-state index in [0.29, 0.717) is 12.5 Å². The van der Waals surface area contributed by atoms with Crippen LogP contribution in [0.5, 0.6) is 0 Å². The van der Waals surface area contributed by atoms with Crippen LogP contribution in [0.2, 0.25) is 0 Å². The maximum absolute atomic E-state index is 13.8. The fraction of sp³-hybridized carbons (Fsp3) is 0.643. The van der Waals surface area contributed by atoms with E-state index < -0.39 is 11.6 Å². The number of hydrogen-bond donors (Lipinski definition) is 1. The van der Waals surface area contributed by atoms with E-state index in [0.717, 1.165) is 12.5 Å². The Morgan fingerprint density at radius 3 is 2.42 bits per heavy atom. The maximum Gasteiger partial charge on any atom is 0.168 e. The summed E-state index contributed by atoms with van der Waals surface area (Å²) in [4.78, 5) is 5.81. The average molecular weight is 271 g/mol. The van der Waals surface area contributed by atoms with E-state index in [-0.39, 0.29) is 17.7 Å². The van der Waals surface area contributed by atoms with Gasteiger partial charge in [-0.1, -0.05) is 13.8 Å². The lowest BCUT2D eigenvalue weighted by molar-refractivity contribution is 0.492. The summed E-state index contributed by atoms with van der Waals surface area (Å²) in [5, 5.41) is 2.80. The Bertz CT molecular complexity index is 421. The Kier molecular flexibility index (Phi) is 5.51. The molecular weight excluding hydrogens is 248 g/mol. The molecule has 0 aromatic carbocycles.